The molecule has 31 heavy (non-hydrogen) atoms. The van der Waals surface area contributed by atoms with E-state index in [4.69, 9.17) is 9.47 Å². The summed E-state index contributed by atoms with van der Waals surface area (Å²) in [6, 6.07) is 0.391. The van der Waals surface area contributed by atoms with Crippen LogP contribution in [0.15, 0.2) is 12.2 Å². The van der Waals surface area contributed by atoms with Crippen LogP contribution in [0.3, 0.4) is 0 Å². The van der Waals surface area contributed by atoms with Crippen LogP contribution in [0.5, 0.6) is 0 Å². The second kappa shape index (κ2) is 12.1. The average molecular weight is 455 g/mol. The first-order chi connectivity index (χ1) is 15.0. The van der Waals surface area contributed by atoms with E-state index in [1.807, 2.05) is 11.8 Å². The van der Waals surface area contributed by atoms with Gasteiger partial charge in [-0.15, -0.1) is 0 Å². The lowest BCUT2D eigenvalue weighted by molar-refractivity contribution is -0.137. The Bertz CT molecular complexity index is 685. The molecule has 10 nitrogen and oxygen atoms in total. The Kier molecular flexibility index (Phi) is 9.16. The number of hydrogen-bond donors (Lipinski definition) is 3. The quantitative estimate of drug-likeness (QED) is 0.188. The first kappa shape index (κ1) is 23.6. The van der Waals surface area contributed by atoms with Gasteiger partial charge in [-0.25, -0.2) is 4.79 Å². The highest BCUT2D eigenvalue weighted by atomic mass is 32.2. The van der Waals surface area contributed by atoms with Gasteiger partial charge in [0.25, 0.3) is 11.8 Å². The molecule has 0 unspecified atom stereocenters. The number of nitrogens with zero attached hydrogens (tertiary/aromatic N) is 1. The van der Waals surface area contributed by atoms with Crippen LogP contribution >= 0.6 is 11.8 Å². The van der Waals surface area contributed by atoms with Crippen molar-refractivity contribution in [3.63, 3.8) is 0 Å². The van der Waals surface area contributed by atoms with Crippen molar-refractivity contribution in [1.29, 1.82) is 0 Å². The highest BCUT2D eigenvalue weighted by Gasteiger charge is 2.42. The van der Waals surface area contributed by atoms with Crippen molar-refractivity contribution >= 4 is 35.5 Å². The molecule has 3 atom stereocenters. The number of hydrogen-bond acceptors (Lipinski definition) is 7. The van der Waals surface area contributed by atoms with Crippen molar-refractivity contribution in [3.8, 4) is 0 Å². The topological polar surface area (TPSA) is 126 Å². The molecule has 0 radical (unpaired) electrons. The predicted molar refractivity (Wildman–Crippen MR) is 114 cm³/mol. The third-order valence-corrected chi connectivity index (χ3v) is 6.89. The highest BCUT2D eigenvalue weighted by Crippen LogP contribution is 2.33. The maximum absolute atomic E-state index is 11.9. The van der Waals surface area contributed by atoms with E-state index in [1.165, 1.54) is 12.2 Å². The molecule has 3 heterocycles. The monoisotopic (exact) mass is 454 g/mol. The summed E-state index contributed by atoms with van der Waals surface area (Å²) in [6.45, 7) is 2.07. The molecule has 172 valence electrons. The molecule has 0 saturated carbocycles. The molecule has 0 aromatic carbocycles. The number of amides is 5. The first-order valence-electron chi connectivity index (χ1n) is 10.7. The summed E-state index contributed by atoms with van der Waals surface area (Å²) in [5.41, 5.74) is 0. The maximum Gasteiger partial charge on any atom is 0.315 e. The molecule has 3 aliphatic heterocycles. The summed E-state index contributed by atoms with van der Waals surface area (Å²) in [6.07, 6.45) is 5.77. The van der Waals surface area contributed by atoms with E-state index in [0.717, 1.165) is 29.9 Å². The third kappa shape index (κ3) is 7.22. The third-order valence-electron chi connectivity index (χ3n) is 5.38. The van der Waals surface area contributed by atoms with Gasteiger partial charge in [0.2, 0.25) is 5.91 Å². The lowest BCUT2D eigenvalue weighted by Gasteiger charge is -2.16. The van der Waals surface area contributed by atoms with Crippen molar-refractivity contribution in [3.05, 3.63) is 12.2 Å². The molecule has 0 aliphatic carbocycles. The Morgan fingerprint density at radius 2 is 1.81 bits per heavy atom. The van der Waals surface area contributed by atoms with E-state index < -0.39 is 0 Å². The minimum absolute atomic E-state index is 0.0150. The number of carbonyl (C=O) groups excluding carboxylic acids is 4. The number of urea groups is 1. The van der Waals surface area contributed by atoms with Crippen LogP contribution in [0, 0.1) is 0 Å². The van der Waals surface area contributed by atoms with Crippen molar-refractivity contribution in [2.24, 2.45) is 0 Å². The molecular weight excluding hydrogens is 424 g/mol. The number of unbranched alkanes of at least 4 members (excludes halogenated alkanes) is 1. The Hall–Kier alpha value is -2.11. The van der Waals surface area contributed by atoms with Crippen LogP contribution in [0.2, 0.25) is 0 Å². The van der Waals surface area contributed by atoms with E-state index in [-0.39, 0.29) is 49.0 Å². The zero-order chi connectivity index (χ0) is 22.1. The largest absolute Gasteiger partial charge is 0.377 e. The Labute approximate surface area is 185 Å². The number of nitrogens with one attached hydrogen (secondary N) is 3. The van der Waals surface area contributed by atoms with E-state index in [1.54, 1.807) is 0 Å². The normalized spacial score (nSPS) is 24.5. The van der Waals surface area contributed by atoms with Gasteiger partial charge in [0.05, 0.1) is 45.1 Å². The smallest absolute Gasteiger partial charge is 0.315 e. The van der Waals surface area contributed by atoms with E-state index in [0.29, 0.717) is 38.0 Å². The number of fused-ring (bicyclic) bond motifs is 1. The second-order valence-corrected chi connectivity index (χ2v) is 8.88. The minimum Gasteiger partial charge on any atom is -0.377 e. The van der Waals surface area contributed by atoms with Crippen LogP contribution in [0.25, 0.3) is 0 Å². The van der Waals surface area contributed by atoms with E-state index >= 15 is 0 Å². The van der Waals surface area contributed by atoms with Crippen molar-refractivity contribution in [2.75, 3.05) is 45.3 Å². The molecule has 3 aliphatic rings. The molecule has 0 aromatic rings. The van der Waals surface area contributed by atoms with Gasteiger partial charge >= 0.3 is 6.03 Å². The van der Waals surface area contributed by atoms with Crippen LogP contribution in [0.4, 0.5) is 4.79 Å². The SMILES string of the molecule is O=C(CCCC[C@@H]1SC[C@@H]2NC(=O)N[C@@H]21)NCCOCCOCCN1C(=O)C=CC1=O. The Morgan fingerprint density at radius 1 is 1.06 bits per heavy atom. The van der Waals surface area contributed by atoms with Crippen molar-refractivity contribution in [1.82, 2.24) is 20.9 Å². The summed E-state index contributed by atoms with van der Waals surface area (Å²) < 4.78 is 10.7. The lowest BCUT2D eigenvalue weighted by atomic mass is 10.0. The van der Waals surface area contributed by atoms with Gasteiger partial charge in [-0.2, -0.15) is 11.8 Å². The van der Waals surface area contributed by atoms with Gasteiger partial charge in [-0.05, 0) is 12.8 Å². The fourth-order valence-electron chi connectivity index (χ4n) is 3.75. The van der Waals surface area contributed by atoms with Gasteiger partial charge < -0.3 is 25.4 Å². The molecule has 0 bridgehead atoms. The maximum atomic E-state index is 11.9. The van der Waals surface area contributed by atoms with Gasteiger partial charge in [-0.1, -0.05) is 6.42 Å². The number of rotatable bonds is 14. The van der Waals surface area contributed by atoms with Crippen molar-refractivity contribution < 1.29 is 28.7 Å². The summed E-state index contributed by atoms with van der Waals surface area (Å²) in [5.74, 6) is 0.341. The molecule has 3 N–H and O–H groups in total. The van der Waals surface area contributed by atoms with Gasteiger partial charge in [0.1, 0.15) is 0 Å². The number of imide groups is 1. The fourth-order valence-corrected chi connectivity index (χ4v) is 5.30. The van der Waals surface area contributed by atoms with Gasteiger partial charge in [-0.3, -0.25) is 19.3 Å². The molecule has 0 spiro atoms. The van der Waals surface area contributed by atoms with Crippen LogP contribution in [-0.4, -0.2) is 91.3 Å². The first-order valence-corrected chi connectivity index (χ1v) is 11.7. The highest BCUT2D eigenvalue weighted by molar-refractivity contribution is 8.00. The van der Waals surface area contributed by atoms with Crippen LogP contribution < -0.4 is 16.0 Å². The number of carbonyl (C=O) groups is 4. The molecule has 2 fully saturated rings. The number of ether oxygens (including phenoxy) is 2. The summed E-state index contributed by atoms with van der Waals surface area (Å²) in [5, 5.41) is 9.18. The summed E-state index contributed by atoms with van der Waals surface area (Å²) >= 11 is 1.89. The zero-order valence-corrected chi connectivity index (χ0v) is 18.3. The number of thioether (sulfide) groups is 1. The standard InChI is InChI=1S/C20H30N4O6S/c25-16(4-2-1-3-15-19-14(13-31-15)22-20(28)23-19)21-7-9-29-11-12-30-10-8-24-17(26)5-6-18(24)27/h5-6,14-15,19H,1-4,7-13H2,(H,21,25)(H2,22,23,28)/t14-,15-,19-/m0/s1. The molecule has 0 aromatic heterocycles. The van der Waals surface area contributed by atoms with Crippen LogP contribution in [0.1, 0.15) is 25.7 Å². The predicted octanol–water partition coefficient (Wildman–Crippen LogP) is -0.213. The molecule has 5 amide bonds. The van der Waals surface area contributed by atoms with Crippen LogP contribution in [-0.2, 0) is 23.9 Å². The molecule has 11 heteroatoms. The summed E-state index contributed by atoms with van der Waals surface area (Å²) in [7, 11) is 0. The Morgan fingerprint density at radius 3 is 2.58 bits per heavy atom. The fraction of sp³-hybridized carbons (Fsp3) is 0.700. The molecular formula is C20H30N4O6S. The van der Waals surface area contributed by atoms with Gasteiger partial charge in [0.15, 0.2) is 0 Å². The molecule has 3 rings (SSSR count). The Balaban J connectivity index is 1.09. The minimum atomic E-state index is -0.314. The second-order valence-electron chi connectivity index (χ2n) is 7.60. The zero-order valence-electron chi connectivity index (χ0n) is 17.5. The van der Waals surface area contributed by atoms with E-state index in [9.17, 15) is 19.2 Å². The average Bonchev–Trinajstić information content (AvgIpc) is 3.39. The van der Waals surface area contributed by atoms with E-state index in [2.05, 4.69) is 16.0 Å². The lowest BCUT2D eigenvalue weighted by Crippen LogP contribution is -2.36. The summed E-state index contributed by atoms with van der Waals surface area (Å²) in [4.78, 5) is 47.1. The van der Waals surface area contributed by atoms with Crippen molar-refractivity contribution in [2.45, 2.75) is 43.0 Å². The van der Waals surface area contributed by atoms with Gasteiger partial charge in [0, 0.05) is 36.1 Å². The molecule has 2 saturated heterocycles.